The van der Waals surface area contributed by atoms with Crippen LogP contribution >= 0.6 is 35.2 Å². The number of aromatic nitrogens is 4. The van der Waals surface area contributed by atoms with Crippen molar-refractivity contribution in [3.63, 3.8) is 0 Å². The normalized spacial score (nSPS) is 19.0. The van der Waals surface area contributed by atoms with E-state index < -0.39 is 84.6 Å². The van der Waals surface area contributed by atoms with E-state index in [-0.39, 0.29) is 59.6 Å². The number of unbranched alkanes of at least 4 members (excludes halogenated alkanes) is 11. The highest BCUT2D eigenvalue weighted by Crippen LogP contribution is 2.61. The summed E-state index contributed by atoms with van der Waals surface area (Å²) >= 11 is 0.939. The van der Waals surface area contributed by atoms with Crippen LogP contribution in [0.5, 0.6) is 0 Å². The Morgan fingerprint density at radius 1 is 0.768 bits per heavy atom. The fraction of sp³-hybridized carbons (Fsp3) is 0.642. The number of aliphatic hydroxyl groups is 2. The first kappa shape index (κ1) is 72.2. The van der Waals surface area contributed by atoms with E-state index in [2.05, 4.69) is 102 Å². The number of imidazole rings is 1. The summed E-state index contributed by atoms with van der Waals surface area (Å²) < 4.78 is 62.6. The summed E-state index contributed by atoms with van der Waals surface area (Å²) in [6, 6.07) is 0. The first-order valence-corrected chi connectivity index (χ1v) is 33.3. The van der Waals surface area contributed by atoms with Gasteiger partial charge in [0.15, 0.2) is 22.8 Å². The minimum Gasteiger partial charge on any atom is -0.386 e. The van der Waals surface area contributed by atoms with Crippen LogP contribution in [0.15, 0.2) is 73.4 Å². The number of fused-ring (bicyclic) bond motifs is 1. The molecule has 0 bridgehead atoms. The predicted molar refractivity (Wildman–Crippen MR) is 311 cm³/mol. The molecule has 2 amide bonds. The largest absolute Gasteiger partial charge is 0.481 e. The number of nitrogen functional groups attached to an aromatic ring is 1. The summed E-state index contributed by atoms with van der Waals surface area (Å²) in [5.74, 6) is -1.41. The van der Waals surface area contributed by atoms with Crippen LogP contribution in [0.3, 0.4) is 0 Å². The lowest BCUT2D eigenvalue weighted by Crippen LogP contribution is -2.46. The fourth-order valence-electron chi connectivity index (χ4n) is 8.14. The van der Waals surface area contributed by atoms with Crippen molar-refractivity contribution in [2.75, 3.05) is 37.8 Å². The molecule has 462 valence electrons. The molecule has 0 aliphatic carbocycles. The number of phosphoric ester groups is 3. The lowest BCUT2D eigenvalue weighted by molar-refractivity contribution is -0.137. The molecule has 0 saturated carbocycles. The molecule has 0 aromatic carbocycles. The molecule has 3 rings (SSSR count). The summed E-state index contributed by atoms with van der Waals surface area (Å²) in [7, 11) is -16.5. The lowest BCUT2D eigenvalue weighted by Gasteiger charge is -2.30. The van der Waals surface area contributed by atoms with E-state index in [4.69, 9.17) is 19.5 Å². The van der Waals surface area contributed by atoms with Crippen LogP contribution in [0, 0.1) is 5.41 Å². The second kappa shape index (κ2) is 38.8. The maximum absolute atomic E-state index is 12.8. The number of aliphatic hydroxyl groups excluding tert-OH is 2. The summed E-state index contributed by atoms with van der Waals surface area (Å²) in [6.07, 6.45) is 34.1. The molecule has 2 aromatic rings. The van der Waals surface area contributed by atoms with Crippen LogP contribution in [0.25, 0.3) is 11.2 Å². The van der Waals surface area contributed by atoms with Gasteiger partial charge in [-0.3, -0.25) is 37.3 Å². The van der Waals surface area contributed by atoms with Gasteiger partial charge in [0.25, 0.3) is 0 Å². The van der Waals surface area contributed by atoms with Crippen LogP contribution in [0.2, 0.25) is 0 Å². The number of ether oxygens (including phenoxy) is 1. The zero-order valence-electron chi connectivity index (χ0n) is 47.2. The molecular formula is C53H86N7O18P3S. The number of carbonyl (C=O) groups excluding carboxylic acids is 4. The molecule has 0 radical (unpaired) electrons. The molecule has 7 atom stereocenters. The van der Waals surface area contributed by atoms with Crippen LogP contribution in [-0.4, -0.2) is 128 Å². The van der Waals surface area contributed by atoms with E-state index in [1.807, 2.05) is 0 Å². The Hall–Kier alpha value is -4.07. The van der Waals surface area contributed by atoms with E-state index >= 15 is 0 Å². The Bertz CT molecular complexity index is 2580. The smallest absolute Gasteiger partial charge is 0.386 e. The number of hydrogen-bond donors (Lipinski definition) is 9. The molecule has 1 aliphatic heterocycles. The summed E-state index contributed by atoms with van der Waals surface area (Å²) in [5.41, 5.74) is 4.25. The minimum absolute atomic E-state index is 0.0252. The second-order valence-corrected chi connectivity index (χ2v) is 25.5. The number of allylic oxidation sites excluding steroid dienone is 10. The van der Waals surface area contributed by atoms with Crippen LogP contribution in [0.1, 0.15) is 155 Å². The van der Waals surface area contributed by atoms with Crippen LogP contribution in [0.4, 0.5) is 5.82 Å². The van der Waals surface area contributed by atoms with Crippen molar-refractivity contribution >= 4 is 74.9 Å². The molecule has 3 heterocycles. The Morgan fingerprint density at radius 3 is 1.93 bits per heavy atom. The highest BCUT2D eigenvalue weighted by atomic mass is 32.2. The highest BCUT2D eigenvalue weighted by Gasteiger charge is 2.50. The molecule has 2 unspecified atom stereocenters. The third kappa shape index (κ3) is 30.1. The topological polar surface area (TPSA) is 381 Å². The van der Waals surface area contributed by atoms with E-state index in [1.165, 1.54) is 58.8 Å². The minimum atomic E-state index is -5.60. The van der Waals surface area contributed by atoms with E-state index in [9.17, 15) is 62.7 Å². The van der Waals surface area contributed by atoms with Gasteiger partial charge in [0, 0.05) is 37.1 Å². The summed E-state index contributed by atoms with van der Waals surface area (Å²) in [4.78, 5) is 101. The first-order chi connectivity index (χ1) is 38.9. The van der Waals surface area contributed by atoms with Crippen molar-refractivity contribution < 1.29 is 85.3 Å². The zero-order chi connectivity index (χ0) is 60.4. The maximum atomic E-state index is 12.8. The number of anilines is 1. The fourth-order valence-corrected chi connectivity index (χ4v) is 11.7. The number of thioether (sulfide) groups is 1. The molecule has 1 aliphatic rings. The van der Waals surface area contributed by atoms with Crippen molar-refractivity contribution in [2.24, 2.45) is 5.41 Å². The van der Waals surface area contributed by atoms with Gasteiger partial charge in [-0.15, -0.1) is 0 Å². The van der Waals surface area contributed by atoms with Gasteiger partial charge in [-0.1, -0.05) is 151 Å². The SMILES string of the molecule is CC/C=C\C/C=C\C/C=C\C/C=C\C/C=C\CCCCCCCCCCCCCC(=O)CC(=O)SCCNC(=O)CCNC(=O)[C@H](O)C(C)(C)COP(=O)(O)OP(=O)(O)OC[C@H]1O[C@@H](n2cnc3c(N)ncnc32)[C@H](O)[C@@H]1OP(=O)(O)O. The molecule has 10 N–H and O–H groups in total. The molecule has 1 saturated heterocycles. The number of rotatable bonds is 44. The molecular weight excluding hydrogens is 1150 g/mol. The van der Waals surface area contributed by atoms with Gasteiger partial charge in [-0.05, 0) is 51.4 Å². The Kier molecular flexibility index (Phi) is 34.1. The van der Waals surface area contributed by atoms with Crippen molar-refractivity contribution in [3.8, 4) is 0 Å². The number of nitrogens with two attached hydrogens (primary N) is 1. The van der Waals surface area contributed by atoms with Crippen molar-refractivity contribution in [3.05, 3.63) is 73.4 Å². The monoisotopic (exact) mass is 1230 g/mol. The second-order valence-electron chi connectivity index (χ2n) is 20.1. The number of phosphoric acid groups is 3. The number of Topliss-reactive ketones (excluding diaryl/α,β-unsaturated/α-hetero) is 1. The number of nitrogens with zero attached hydrogens (tertiary/aromatic N) is 4. The summed E-state index contributed by atoms with van der Waals surface area (Å²) in [6.45, 7) is 2.47. The molecule has 25 nitrogen and oxygen atoms in total. The van der Waals surface area contributed by atoms with Gasteiger partial charge in [0.2, 0.25) is 11.8 Å². The van der Waals surface area contributed by atoms with E-state index in [0.29, 0.717) is 6.42 Å². The van der Waals surface area contributed by atoms with E-state index in [0.717, 1.165) is 93.2 Å². The van der Waals surface area contributed by atoms with Gasteiger partial charge in [-0.2, -0.15) is 4.31 Å². The average Bonchev–Trinajstić information content (AvgIpc) is 4.16. The van der Waals surface area contributed by atoms with Crippen LogP contribution in [-0.2, 0) is 55.5 Å². The van der Waals surface area contributed by atoms with Gasteiger partial charge in [0.1, 0.15) is 42.0 Å². The highest BCUT2D eigenvalue weighted by molar-refractivity contribution is 8.13. The van der Waals surface area contributed by atoms with Crippen molar-refractivity contribution in [1.29, 1.82) is 0 Å². The van der Waals surface area contributed by atoms with Gasteiger partial charge in [0.05, 0.1) is 26.0 Å². The predicted octanol–water partition coefficient (Wildman–Crippen LogP) is 8.45. The lowest BCUT2D eigenvalue weighted by atomic mass is 9.87. The average molecular weight is 1230 g/mol. The number of nitrogens with one attached hydrogen (secondary N) is 2. The Morgan fingerprint density at radius 2 is 1.33 bits per heavy atom. The van der Waals surface area contributed by atoms with Gasteiger partial charge in [-0.25, -0.2) is 28.6 Å². The van der Waals surface area contributed by atoms with Gasteiger partial charge < -0.3 is 50.9 Å². The summed E-state index contributed by atoms with van der Waals surface area (Å²) in [5, 5.41) is 26.3. The third-order valence-corrected chi connectivity index (χ3v) is 16.6. The Labute approximate surface area is 484 Å². The molecule has 0 spiro atoms. The maximum Gasteiger partial charge on any atom is 0.481 e. The third-order valence-electron chi connectivity index (χ3n) is 12.6. The van der Waals surface area contributed by atoms with Gasteiger partial charge >= 0.3 is 23.5 Å². The molecule has 1 fully saturated rings. The van der Waals surface area contributed by atoms with E-state index in [1.54, 1.807) is 0 Å². The number of ketones is 1. The van der Waals surface area contributed by atoms with Crippen LogP contribution < -0.4 is 16.4 Å². The quantitative estimate of drug-likeness (QED) is 0.0130. The number of carbonyl (C=O) groups is 4. The molecule has 29 heteroatoms. The number of amides is 2. The standard InChI is InChI=1S/C53H86N7O18P3S/c1-4-5-6-7-8-9-10-11-12-13-14-15-16-17-18-19-20-21-22-23-24-25-26-27-28-29-30-31-41(61)36-44(63)82-35-34-55-43(62)32-33-56-51(66)48(65)53(2,3)38-75-81(72,73)78-80(70,71)74-37-42-47(77-79(67,68)69)46(64)52(76-42)60-40-59-45-49(54)57-39-58-50(45)60/h5-6,8-9,11-12,14-15,17-18,39-40,42,46-48,52,64-65H,4,7,10,13,16,19-38H2,1-3H3,(H,55,62)(H,56,66)(H,70,71)(H,72,73)(H2,54,57,58)(H2,67,68,69)/b6-5-,9-8-,12-11-,15-14-,18-17-/t42-,46-,47-,48+,52-/m1/s1. The van der Waals surface area contributed by atoms with Crippen molar-refractivity contribution in [1.82, 2.24) is 30.2 Å². The molecule has 82 heavy (non-hydrogen) atoms. The Balaban J connectivity index is 1.18. The van der Waals surface area contributed by atoms with Crippen molar-refractivity contribution in [2.45, 2.75) is 180 Å². The molecule has 2 aromatic heterocycles. The first-order valence-electron chi connectivity index (χ1n) is 27.8. The zero-order valence-corrected chi connectivity index (χ0v) is 50.7. The number of hydrogen-bond acceptors (Lipinski definition) is 19.